The summed E-state index contributed by atoms with van der Waals surface area (Å²) < 4.78 is 0. The fourth-order valence-electron chi connectivity index (χ4n) is 4.01. The van der Waals surface area contributed by atoms with Crippen molar-refractivity contribution < 1.29 is 0 Å². The van der Waals surface area contributed by atoms with Gasteiger partial charge in [-0.1, -0.05) is 6.92 Å². The Bertz CT molecular complexity index is 233. The molecule has 2 heterocycles. The lowest BCUT2D eigenvalue weighted by Gasteiger charge is -2.31. The third-order valence-corrected chi connectivity index (χ3v) is 5.07. The first kappa shape index (κ1) is 11.0. The quantitative estimate of drug-likeness (QED) is 0.772. The van der Waals surface area contributed by atoms with Crippen molar-refractivity contribution in [1.29, 1.82) is 0 Å². The van der Waals surface area contributed by atoms with Crippen molar-refractivity contribution in [3.8, 4) is 0 Å². The first-order valence-corrected chi connectivity index (χ1v) is 7.33. The van der Waals surface area contributed by atoms with Gasteiger partial charge < -0.3 is 5.32 Å². The highest BCUT2D eigenvalue weighted by molar-refractivity contribution is 4.97. The molecule has 16 heavy (non-hydrogen) atoms. The molecule has 0 amide bonds. The highest BCUT2D eigenvalue weighted by Crippen LogP contribution is 2.30. The van der Waals surface area contributed by atoms with Gasteiger partial charge in [0.05, 0.1) is 0 Å². The van der Waals surface area contributed by atoms with E-state index in [1.54, 1.807) is 0 Å². The topological polar surface area (TPSA) is 15.3 Å². The zero-order valence-electron chi connectivity index (χ0n) is 10.6. The van der Waals surface area contributed by atoms with E-state index in [1.165, 1.54) is 58.0 Å². The predicted octanol–water partition coefficient (Wildman–Crippen LogP) is 2.39. The smallest absolute Gasteiger partial charge is 0.0250 e. The zero-order chi connectivity index (χ0) is 11.0. The third-order valence-electron chi connectivity index (χ3n) is 5.07. The van der Waals surface area contributed by atoms with Crippen LogP contribution in [0.4, 0.5) is 0 Å². The SMILES string of the molecule is CC1CCC(NC2CCN3CCCC23)CC1. The normalized spacial score (nSPS) is 44.8. The summed E-state index contributed by atoms with van der Waals surface area (Å²) in [5.74, 6) is 0.976. The van der Waals surface area contributed by atoms with Crippen molar-refractivity contribution in [2.24, 2.45) is 5.92 Å². The van der Waals surface area contributed by atoms with E-state index in [-0.39, 0.29) is 0 Å². The van der Waals surface area contributed by atoms with Gasteiger partial charge in [-0.2, -0.15) is 0 Å². The first-order valence-electron chi connectivity index (χ1n) is 7.33. The lowest BCUT2D eigenvalue weighted by atomic mass is 9.86. The van der Waals surface area contributed by atoms with Gasteiger partial charge in [0.2, 0.25) is 0 Å². The van der Waals surface area contributed by atoms with Crippen molar-refractivity contribution in [2.75, 3.05) is 13.1 Å². The molecule has 2 atom stereocenters. The molecular formula is C14H26N2. The number of hydrogen-bond acceptors (Lipinski definition) is 2. The lowest BCUT2D eigenvalue weighted by Crippen LogP contribution is -2.45. The summed E-state index contributed by atoms with van der Waals surface area (Å²) in [5, 5.41) is 3.97. The molecule has 0 bridgehead atoms. The Labute approximate surface area is 99.8 Å². The van der Waals surface area contributed by atoms with Gasteiger partial charge in [-0.25, -0.2) is 0 Å². The molecule has 1 N–H and O–H groups in total. The second-order valence-corrected chi connectivity index (χ2v) is 6.26. The van der Waals surface area contributed by atoms with Gasteiger partial charge in [0.1, 0.15) is 0 Å². The van der Waals surface area contributed by atoms with Gasteiger partial charge in [0, 0.05) is 24.7 Å². The number of nitrogens with zero attached hydrogens (tertiary/aromatic N) is 1. The second kappa shape index (κ2) is 4.66. The highest BCUT2D eigenvalue weighted by Gasteiger charge is 2.37. The van der Waals surface area contributed by atoms with Crippen LogP contribution in [0.1, 0.15) is 51.9 Å². The molecule has 2 aliphatic heterocycles. The van der Waals surface area contributed by atoms with Crippen molar-refractivity contribution >= 4 is 0 Å². The minimum Gasteiger partial charge on any atom is -0.310 e. The Morgan fingerprint density at radius 1 is 0.938 bits per heavy atom. The predicted molar refractivity (Wildman–Crippen MR) is 67.6 cm³/mol. The Morgan fingerprint density at radius 2 is 1.75 bits per heavy atom. The molecule has 3 rings (SSSR count). The van der Waals surface area contributed by atoms with Crippen LogP contribution in [-0.2, 0) is 0 Å². The maximum Gasteiger partial charge on any atom is 0.0250 e. The van der Waals surface area contributed by atoms with Crippen molar-refractivity contribution in [3.63, 3.8) is 0 Å². The molecule has 1 aliphatic carbocycles. The average molecular weight is 222 g/mol. The van der Waals surface area contributed by atoms with Gasteiger partial charge in [0.25, 0.3) is 0 Å². The van der Waals surface area contributed by atoms with Gasteiger partial charge in [-0.05, 0) is 57.4 Å². The molecule has 92 valence electrons. The monoisotopic (exact) mass is 222 g/mol. The molecule has 0 aromatic carbocycles. The molecule has 2 nitrogen and oxygen atoms in total. The number of fused-ring (bicyclic) bond motifs is 1. The summed E-state index contributed by atoms with van der Waals surface area (Å²) in [5.41, 5.74) is 0. The van der Waals surface area contributed by atoms with E-state index in [0.717, 1.165) is 24.0 Å². The fraction of sp³-hybridized carbons (Fsp3) is 1.00. The summed E-state index contributed by atoms with van der Waals surface area (Å²) >= 11 is 0. The van der Waals surface area contributed by atoms with E-state index in [0.29, 0.717) is 0 Å². The Morgan fingerprint density at radius 3 is 2.56 bits per heavy atom. The van der Waals surface area contributed by atoms with Crippen molar-refractivity contribution in [1.82, 2.24) is 10.2 Å². The largest absolute Gasteiger partial charge is 0.310 e. The van der Waals surface area contributed by atoms with Crippen LogP contribution in [0.25, 0.3) is 0 Å². The molecule has 2 unspecified atom stereocenters. The molecule has 2 heteroatoms. The Kier molecular flexibility index (Phi) is 3.21. The highest BCUT2D eigenvalue weighted by atomic mass is 15.2. The Hall–Kier alpha value is -0.0800. The standard InChI is InChI=1S/C14H26N2/c1-11-4-6-12(7-5-11)15-13-8-10-16-9-2-3-14(13)16/h11-15H,2-10H2,1H3. The summed E-state index contributed by atoms with van der Waals surface area (Å²) in [4.78, 5) is 2.71. The van der Waals surface area contributed by atoms with Crippen LogP contribution in [0.5, 0.6) is 0 Å². The first-order chi connectivity index (χ1) is 7.83. The molecule has 0 radical (unpaired) electrons. The van der Waals surface area contributed by atoms with E-state index < -0.39 is 0 Å². The maximum absolute atomic E-state index is 3.97. The maximum atomic E-state index is 3.97. The van der Waals surface area contributed by atoms with Gasteiger partial charge >= 0.3 is 0 Å². The molecule has 2 saturated heterocycles. The molecular weight excluding hydrogens is 196 g/mol. The van der Waals surface area contributed by atoms with Crippen molar-refractivity contribution in [2.45, 2.75) is 70.0 Å². The van der Waals surface area contributed by atoms with Crippen LogP contribution in [-0.4, -0.2) is 36.1 Å². The van der Waals surface area contributed by atoms with E-state index in [4.69, 9.17) is 0 Å². The summed E-state index contributed by atoms with van der Waals surface area (Å²) in [6.07, 6.45) is 10.0. The Balaban J connectivity index is 1.51. The summed E-state index contributed by atoms with van der Waals surface area (Å²) in [7, 11) is 0. The minimum absolute atomic E-state index is 0.820. The number of rotatable bonds is 2. The second-order valence-electron chi connectivity index (χ2n) is 6.26. The van der Waals surface area contributed by atoms with E-state index >= 15 is 0 Å². The van der Waals surface area contributed by atoms with E-state index in [2.05, 4.69) is 17.1 Å². The van der Waals surface area contributed by atoms with E-state index in [1.807, 2.05) is 0 Å². The van der Waals surface area contributed by atoms with Gasteiger partial charge in [-0.15, -0.1) is 0 Å². The molecule has 3 aliphatic rings. The zero-order valence-corrected chi connectivity index (χ0v) is 10.6. The molecule has 0 aromatic rings. The molecule has 0 aromatic heterocycles. The molecule has 0 spiro atoms. The van der Waals surface area contributed by atoms with E-state index in [9.17, 15) is 0 Å². The fourth-order valence-corrected chi connectivity index (χ4v) is 4.01. The van der Waals surface area contributed by atoms with Gasteiger partial charge in [0.15, 0.2) is 0 Å². The van der Waals surface area contributed by atoms with Crippen LogP contribution >= 0.6 is 0 Å². The molecule has 1 saturated carbocycles. The van der Waals surface area contributed by atoms with Crippen LogP contribution in [0, 0.1) is 5.92 Å². The third kappa shape index (κ3) is 2.14. The lowest BCUT2D eigenvalue weighted by molar-refractivity contribution is 0.252. The van der Waals surface area contributed by atoms with Crippen LogP contribution in [0.15, 0.2) is 0 Å². The number of hydrogen-bond donors (Lipinski definition) is 1. The van der Waals surface area contributed by atoms with Crippen LogP contribution < -0.4 is 5.32 Å². The van der Waals surface area contributed by atoms with Crippen LogP contribution in [0.2, 0.25) is 0 Å². The van der Waals surface area contributed by atoms with Gasteiger partial charge in [-0.3, -0.25) is 4.90 Å². The molecule has 3 fully saturated rings. The minimum atomic E-state index is 0.820. The summed E-state index contributed by atoms with van der Waals surface area (Å²) in [6.45, 7) is 5.13. The number of nitrogens with one attached hydrogen (secondary N) is 1. The van der Waals surface area contributed by atoms with Crippen LogP contribution in [0.3, 0.4) is 0 Å². The average Bonchev–Trinajstić information content (AvgIpc) is 2.86. The summed E-state index contributed by atoms with van der Waals surface area (Å²) in [6, 6.07) is 2.54. The van der Waals surface area contributed by atoms with Crippen molar-refractivity contribution in [3.05, 3.63) is 0 Å².